The van der Waals surface area contributed by atoms with Gasteiger partial charge in [-0.2, -0.15) is 0 Å². The van der Waals surface area contributed by atoms with E-state index in [1.807, 2.05) is 50.2 Å². The maximum absolute atomic E-state index is 12.9. The Morgan fingerprint density at radius 2 is 1.77 bits per heavy atom. The Morgan fingerprint density at radius 1 is 1.12 bits per heavy atom. The maximum atomic E-state index is 12.9. The molecule has 3 rings (SSSR count). The molecule has 1 aromatic carbocycles. The highest BCUT2D eigenvalue weighted by molar-refractivity contribution is 5.93. The zero-order valence-electron chi connectivity index (χ0n) is 16.0. The van der Waals surface area contributed by atoms with Gasteiger partial charge in [0.2, 0.25) is 0 Å². The van der Waals surface area contributed by atoms with Gasteiger partial charge in [0.15, 0.2) is 5.82 Å². The normalized spacial score (nSPS) is 15.1. The van der Waals surface area contributed by atoms with Crippen molar-refractivity contribution in [3.63, 3.8) is 0 Å². The number of hydrogen-bond acceptors (Lipinski definition) is 4. The molecule has 26 heavy (non-hydrogen) atoms. The van der Waals surface area contributed by atoms with Crippen LogP contribution in [0.4, 0.5) is 5.82 Å². The fourth-order valence-electron chi connectivity index (χ4n) is 3.33. The third-order valence-corrected chi connectivity index (χ3v) is 5.12. The van der Waals surface area contributed by atoms with Crippen LogP contribution in [0.2, 0.25) is 0 Å². The van der Waals surface area contributed by atoms with Gasteiger partial charge in [-0.15, -0.1) is 0 Å². The van der Waals surface area contributed by atoms with Gasteiger partial charge in [-0.3, -0.25) is 4.79 Å². The minimum Gasteiger partial charge on any atom is -0.356 e. The second-order valence-electron chi connectivity index (χ2n) is 6.95. The van der Waals surface area contributed by atoms with Crippen molar-refractivity contribution < 1.29 is 4.79 Å². The molecule has 0 bridgehead atoms. The first-order valence-electron chi connectivity index (χ1n) is 9.61. The van der Waals surface area contributed by atoms with Gasteiger partial charge >= 0.3 is 0 Å². The van der Waals surface area contributed by atoms with Crippen LogP contribution < -0.4 is 4.90 Å². The molecule has 1 aliphatic heterocycles. The molecule has 5 heteroatoms. The molecule has 2 heterocycles. The predicted molar refractivity (Wildman–Crippen MR) is 105 cm³/mol. The largest absolute Gasteiger partial charge is 0.356 e. The SMILES string of the molecule is CCN(CC)C(=O)c1cc(N2CCC(C)CC2)nc(-c2ccccc2)n1. The second-order valence-corrected chi connectivity index (χ2v) is 6.95. The van der Waals surface area contributed by atoms with E-state index in [9.17, 15) is 4.79 Å². The van der Waals surface area contributed by atoms with Crippen molar-refractivity contribution in [1.29, 1.82) is 0 Å². The summed E-state index contributed by atoms with van der Waals surface area (Å²) in [4.78, 5) is 26.4. The van der Waals surface area contributed by atoms with Crippen LogP contribution in [0.25, 0.3) is 11.4 Å². The molecule has 0 radical (unpaired) electrons. The molecule has 1 aromatic heterocycles. The Morgan fingerprint density at radius 3 is 2.38 bits per heavy atom. The molecule has 1 aliphatic rings. The van der Waals surface area contributed by atoms with Crippen LogP contribution >= 0.6 is 0 Å². The number of carbonyl (C=O) groups excluding carboxylic acids is 1. The quantitative estimate of drug-likeness (QED) is 0.820. The summed E-state index contributed by atoms with van der Waals surface area (Å²) < 4.78 is 0. The Hall–Kier alpha value is -2.43. The molecule has 1 amide bonds. The molecule has 0 aliphatic carbocycles. The van der Waals surface area contributed by atoms with Crippen molar-refractivity contribution in [1.82, 2.24) is 14.9 Å². The summed E-state index contributed by atoms with van der Waals surface area (Å²) in [6.07, 6.45) is 2.31. The highest BCUT2D eigenvalue weighted by atomic mass is 16.2. The van der Waals surface area contributed by atoms with Gasteiger partial charge in [0.05, 0.1) is 0 Å². The molecule has 138 valence electrons. The van der Waals surface area contributed by atoms with Crippen molar-refractivity contribution in [2.75, 3.05) is 31.1 Å². The Kier molecular flexibility index (Phi) is 5.86. The lowest BCUT2D eigenvalue weighted by molar-refractivity contribution is 0.0767. The van der Waals surface area contributed by atoms with E-state index in [1.54, 1.807) is 4.90 Å². The Balaban J connectivity index is 2.01. The highest BCUT2D eigenvalue weighted by Gasteiger charge is 2.22. The highest BCUT2D eigenvalue weighted by Crippen LogP contribution is 2.25. The van der Waals surface area contributed by atoms with Gasteiger partial charge in [-0.25, -0.2) is 9.97 Å². The van der Waals surface area contributed by atoms with E-state index in [-0.39, 0.29) is 5.91 Å². The van der Waals surface area contributed by atoms with E-state index in [0.717, 1.165) is 43.2 Å². The lowest BCUT2D eigenvalue weighted by Crippen LogP contribution is -2.35. The number of carbonyl (C=O) groups is 1. The van der Waals surface area contributed by atoms with Gasteiger partial charge in [0.25, 0.3) is 5.91 Å². The number of hydrogen-bond donors (Lipinski definition) is 0. The number of anilines is 1. The van der Waals surface area contributed by atoms with Crippen molar-refractivity contribution in [3.05, 3.63) is 42.1 Å². The van der Waals surface area contributed by atoms with Crippen LogP contribution in [0.3, 0.4) is 0 Å². The first-order valence-corrected chi connectivity index (χ1v) is 9.61. The smallest absolute Gasteiger partial charge is 0.272 e. The number of amides is 1. The van der Waals surface area contributed by atoms with E-state index in [2.05, 4.69) is 16.8 Å². The molecular weight excluding hydrogens is 324 g/mol. The van der Waals surface area contributed by atoms with Crippen molar-refractivity contribution in [2.24, 2.45) is 5.92 Å². The zero-order valence-corrected chi connectivity index (χ0v) is 16.0. The monoisotopic (exact) mass is 352 g/mol. The molecule has 0 N–H and O–H groups in total. The van der Waals surface area contributed by atoms with Gasteiger partial charge in [-0.1, -0.05) is 37.3 Å². The van der Waals surface area contributed by atoms with Gasteiger partial charge in [0, 0.05) is 37.8 Å². The number of benzene rings is 1. The molecule has 0 atom stereocenters. The third-order valence-electron chi connectivity index (χ3n) is 5.12. The van der Waals surface area contributed by atoms with Gasteiger partial charge in [0.1, 0.15) is 11.5 Å². The molecule has 0 saturated carbocycles. The average Bonchev–Trinajstić information content (AvgIpc) is 2.69. The molecule has 1 fully saturated rings. The van der Waals surface area contributed by atoms with E-state index in [1.165, 1.54) is 0 Å². The number of nitrogens with zero attached hydrogens (tertiary/aromatic N) is 4. The van der Waals surface area contributed by atoms with Crippen LogP contribution in [-0.2, 0) is 0 Å². The topological polar surface area (TPSA) is 49.3 Å². The summed E-state index contributed by atoms with van der Waals surface area (Å²) in [6, 6.07) is 11.8. The van der Waals surface area contributed by atoms with Crippen molar-refractivity contribution >= 4 is 11.7 Å². The van der Waals surface area contributed by atoms with Crippen molar-refractivity contribution in [3.8, 4) is 11.4 Å². The second kappa shape index (κ2) is 8.30. The van der Waals surface area contributed by atoms with Crippen molar-refractivity contribution in [2.45, 2.75) is 33.6 Å². The molecule has 0 spiro atoms. The summed E-state index contributed by atoms with van der Waals surface area (Å²) in [7, 11) is 0. The van der Waals surface area contributed by atoms with E-state index in [4.69, 9.17) is 4.98 Å². The lowest BCUT2D eigenvalue weighted by atomic mass is 9.99. The molecule has 0 unspecified atom stereocenters. The fourth-order valence-corrected chi connectivity index (χ4v) is 3.33. The third kappa shape index (κ3) is 4.03. The molecule has 1 saturated heterocycles. The van der Waals surface area contributed by atoms with Crippen LogP contribution in [0.1, 0.15) is 44.1 Å². The predicted octanol–water partition coefficient (Wildman–Crippen LogP) is 3.86. The number of aromatic nitrogens is 2. The molecule has 2 aromatic rings. The summed E-state index contributed by atoms with van der Waals surface area (Å²) in [6.45, 7) is 9.59. The minimum absolute atomic E-state index is 0.0267. The van der Waals surface area contributed by atoms with E-state index < -0.39 is 0 Å². The first-order chi connectivity index (χ1) is 12.6. The zero-order chi connectivity index (χ0) is 18.5. The summed E-state index contributed by atoms with van der Waals surface area (Å²) >= 11 is 0. The van der Waals surface area contributed by atoms with Gasteiger partial charge < -0.3 is 9.80 Å². The van der Waals surface area contributed by atoms with Crippen LogP contribution in [0.5, 0.6) is 0 Å². The van der Waals surface area contributed by atoms with E-state index in [0.29, 0.717) is 24.6 Å². The molecule has 5 nitrogen and oxygen atoms in total. The summed E-state index contributed by atoms with van der Waals surface area (Å²) in [5.41, 5.74) is 1.42. The van der Waals surface area contributed by atoms with Crippen LogP contribution in [0.15, 0.2) is 36.4 Å². The average molecular weight is 352 g/mol. The Labute approximate surface area is 156 Å². The van der Waals surface area contributed by atoms with Crippen LogP contribution in [0, 0.1) is 5.92 Å². The van der Waals surface area contributed by atoms with Crippen LogP contribution in [-0.4, -0.2) is 47.0 Å². The summed E-state index contributed by atoms with van der Waals surface area (Å²) in [5, 5.41) is 0. The first kappa shape index (κ1) is 18.4. The maximum Gasteiger partial charge on any atom is 0.272 e. The standard InChI is InChI=1S/C21H28N4O/c1-4-24(5-2)21(26)18-15-19(25-13-11-16(3)12-14-25)23-20(22-18)17-9-7-6-8-10-17/h6-10,15-16H,4-5,11-14H2,1-3H3. The van der Waals surface area contributed by atoms with Gasteiger partial charge in [-0.05, 0) is 32.6 Å². The van der Waals surface area contributed by atoms with E-state index >= 15 is 0 Å². The number of piperidine rings is 1. The molecular formula is C21H28N4O. The minimum atomic E-state index is -0.0267. The summed E-state index contributed by atoms with van der Waals surface area (Å²) in [5.74, 6) is 2.21. The number of rotatable bonds is 5. The lowest BCUT2D eigenvalue weighted by Gasteiger charge is -2.31. The Bertz CT molecular complexity index is 735. The fraction of sp³-hybridized carbons (Fsp3) is 0.476.